The summed E-state index contributed by atoms with van der Waals surface area (Å²) in [7, 11) is 0. The largest absolute Gasteiger partial charge is 0.489 e. The van der Waals surface area contributed by atoms with Crippen molar-refractivity contribution in [3.05, 3.63) is 95.1 Å². The highest BCUT2D eigenvalue weighted by atomic mass is 19.1. The van der Waals surface area contributed by atoms with Crippen molar-refractivity contribution in [1.82, 2.24) is 9.88 Å². The van der Waals surface area contributed by atoms with Crippen molar-refractivity contribution < 1.29 is 49.0 Å². The zero-order valence-corrected chi connectivity index (χ0v) is 24.8. The Hall–Kier alpha value is -4.39. The molecule has 1 saturated carbocycles. The highest BCUT2D eigenvalue weighted by molar-refractivity contribution is 5.88. The molecular formula is C33H37FN2O9. The van der Waals surface area contributed by atoms with Crippen molar-refractivity contribution >= 4 is 17.9 Å². The summed E-state index contributed by atoms with van der Waals surface area (Å²) in [6, 6.07) is 18.6. The van der Waals surface area contributed by atoms with Gasteiger partial charge in [-0.3, -0.25) is 19.5 Å². The lowest BCUT2D eigenvalue weighted by Crippen LogP contribution is -2.42. The van der Waals surface area contributed by atoms with Gasteiger partial charge in [0.2, 0.25) is 0 Å². The van der Waals surface area contributed by atoms with Crippen molar-refractivity contribution in [3.63, 3.8) is 0 Å². The third kappa shape index (κ3) is 8.62. The molecule has 5 rings (SSSR count). The first-order valence-electron chi connectivity index (χ1n) is 14.5. The molecule has 45 heavy (non-hydrogen) atoms. The fraction of sp³-hybridized carbons (Fsp3) is 0.394. The van der Waals surface area contributed by atoms with Crippen LogP contribution in [-0.4, -0.2) is 72.0 Å². The Bertz CT molecular complexity index is 1480. The summed E-state index contributed by atoms with van der Waals surface area (Å²) in [6.07, 6.45) is 1.40. The molecule has 11 nitrogen and oxygen atoms in total. The van der Waals surface area contributed by atoms with Crippen LogP contribution in [0.25, 0.3) is 0 Å². The molecule has 1 aliphatic heterocycles. The van der Waals surface area contributed by atoms with Gasteiger partial charge < -0.3 is 30.3 Å². The Morgan fingerprint density at radius 3 is 2.27 bits per heavy atom. The third-order valence-corrected chi connectivity index (χ3v) is 8.29. The summed E-state index contributed by atoms with van der Waals surface area (Å²) in [5.41, 5.74) is 0.410. The number of pyridine rings is 1. The van der Waals surface area contributed by atoms with E-state index in [4.69, 9.17) is 25.2 Å². The molecule has 2 heterocycles. The van der Waals surface area contributed by atoms with Crippen LogP contribution in [0.3, 0.4) is 0 Å². The summed E-state index contributed by atoms with van der Waals surface area (Å²) in [6.45, 7) is 5.12. The fourth-order valence-electron chi connectivity index (χ4n) is 6.01. The van der Waals surface area contributed by atoms with Crippen LogP contribution < -0.4 is 4.74 Å². The van der Waals surface area contributed by atoms with Gasteiger partial charge in [0.15, 0.2) is 5.60 Å². The molecule has 2 aromatic carbocycles. The van der Waals surface area contributed by atoms with E-state index in [0.717, 1.165) is 55.0 Å². The highest BCUT2D eigenvalue weighted by Crippen LogP contribution is 2.50. The Morgan fingerprint density at radius 1 is 1.00 bits per heavy atom. The number of carboxylic acids is 3. The number of ether oxygens (including phenoxy) is 1. The number of carbonyl (C=O) groups is 3. The lowest BCUT2D eigenvalue weighted by molar-refractivity contribution is -0.170. The molecule has 1 aromatic heterocycles. The molecule has 0 amide bonds. The summed E-state index contributed by atoms with van der Waals surface area (Å²) in [4.78, 5) is 37.5. The van der Waals surface area contributed by atoms with Gasteiger partial charge >= 0.3 is 17.9 Å². The first-order valence-corrected chi connectivity index (χ1v) is 14.5. The molecule has 5 N–H and O–H groups in total. The van der Waals surface area contributed by atoms with E-state index >= 15 is 0 Å². The van der Waals surface area contributed by atoms with E-state index < -0.39 is 42.0 Å². The van der Waals surface area contributed by atoms with Crippen LogP contribution in [0.5, 0.6) is 5.75 Å². The summed E-state index contributed by atoms with van der Waals surface area (Å²) >= 11 is 0. The number of carboxylic acid groups (broad SMARTS) is 3. The molecule has 0 radical (unpaired) electrons. The zero-order chi connectivity index (χ0) is 32.8. The number of halogens is 1. The fourth-order valence-corrected chi connectivity index (χ4v) is 6.01. The molecule has 3 atom stereocenters. The molecule has 12 heteroatoms. The van der Waals surface area contributed by atoms with E-state index in [9.17, 15) is 23.9 Å². The first-order chi connectivity index (χ1) is 21.3. The minimum Gasteiger partial charge on any atom is -0.489 e. The van der Waals surface area contributed by atoms with Crippen LogP contribution in [0.1, 0.15) is 48.1 Å². The van der Waals surface area contributed by atoms with E-state index in [1.807, 2.05) is 43.5 Å². The minimum absolute atomic E-state index is 0.228. The number of aromatic nitrogens is 1. The topological polar surface area (TPSA) is 178 Å². The number of fused-ring (bicyclic) bond motifs is 1. The van der Waals surface area contributed by atoms with Gasteiger partial charge in [0.1, 0.15) is 23.8 Å². The summed E-state index contributed by atoms with van der Waals surface area (Å²) in [5.74, 6) is -3.75. The van der Waals surface area contributed by atoms with Crippen molar-refractivity contribution in [3.8, 4) is 5.75 Å². The van der Waals surface area contributed by atoms with Crippen LogP contribution >= 0.6 is 0 Å². The number of nitrogens with zero attached hydrogens (tertiary/aromatic N) is 2. The molecule has 0 spiro atoms. The zero-order valence-electron chi connectivity index (χ0n) is 24.8. The van der Waals surface area contributed by atoms with Crippen LogP contribution in [0, 0.1) is 24.6 Å². The average Bonchev–Trinajstić information content (AvgIpc) is 3.52. The highest BCUT2D eigenvalue weighted by Gasteiger charge is 2.53. The summed E-state index contributed by atoms with van der Waals surface area (Å²) < 4.78 is 19.1. The Balaban J connectivity index is 0.000000302. The second-order valence-electron chi connectivity index (χ2n) is 11.8. The minimum atomic E-state index is -2.74. The van der Waals surface area contributed by atoms with Gasteiger partial charge in [-0.15, -0.1) is 0 Å². The SMILES string of the molecule is Cc1ccc([C@]2(O)CC[C@H]3CN(Cc4ccc(OCc5cccc(F)c5)cc4)C[C@H]32)nc1.O=C(O)CC(O)(CC(=O)O)C(=O)O. The molecule has 1 aliphatic carbocycles. The number of hydrogen-bond acceptors (Lipinski definition) is 8. The van der Waals surface area contributed by atoms with Crippen molar-refractivity contribution in [1.29, 1.82) is 0 Å². The number of hydrogen-bond donors (Lipinski definition) is 5. The molecule has 2 aliphatic rings. The number of likely N-dealkylation sites (tertiary alicyclic amines) is 1. The normalized spacial score (nSPS) is 21.0. The maximum absolute atomic E-state index is 13.3. The molecule has 240 valence electrons. The Morgan fingerprint density at radius 2 is 1.69 bits per heavy atom. The molecule has 0 unspecified atom stereocenters. The molecule has 1 saturated heterocycles. The van der Waals surface area contributed by atoms with Crippen molar-refractivity contribution in [2.24, 2.45) is 11.8 Å². The monoisotopic (exact) mass is 624 g/mol. The van der Waals surface area contributed by atoms with Gasteiger partial charge in [-0.25, -0.2) is 9.18 Å². The second kappa shape index (κ2) is 14.1. The van der Waals surface area contributed by atoms with E-state index in [0.29, 0.717) is 12.5 Å². The standard InChI is InChI=1S/C27H29FN2O2.C6H8O7/c1-19-5-10-26(29-14-19)27(31)12-11-22-16-30(17-25(22)27)15-20-6-8-24(9-7-20)32-18-21-3-2-4-23(28)13-21;7-3(8)1-6(13,5(11)12)2-4(9)10/h2-10,13-14,22,25,31H,11-12,15-18H2,1H3;13H,1-2H2,(H,7,8)(H,9,10)(H,11,12)/t22-,25+,27-;/m0./s1. The number of benzene rings is 2. The molecular weight excluding hydrogens is 587 g/mol. The number of aliphatic hydroxyl groups is 2. The van der Waals surface area contributed by atoms with E-state index in [1.165, 1.54) is 17.7 Å². The van der Waals surface area contributed by atoms with E-state index in [2.05, 4.69) is 22.0 Å². The maximum Gasteiger partial charge on any atom is 0.336 e. The number of rotatable bonds is 11. The quantitative estimate of drug-likeness (QED) is 0.211. The van der Waals surface area contributed by atoms with Crippen molar-refractivity contribution in [2.75, 3.05) is 13.1 Å². The predicted molar refractivity (Wildman–Crippen MR) is 159 cm³/mol. The number of aryl methyl sites for hydroxylation is 1. The van der Waals surface area contributed by atoms with Crippen molar-refractivity contribution in [2.45, 2.75) is 57.0 Å². The van der Waals surface area contributed by atoms with Gasteiger partial charge in [0.05, 0.1) is 18.5 Å². The van der Waals surface area contributed by atoms with Gasteiger partial charge in [0, 0.05) is 31.7 Å². The smallest absolute Gasteiger partial charge is 0.336 e. The van der Waals surface area contributed by atoms with E-state index in [1.54, 1.807) is 6.07 Å². The maximum atomic E-state index is 13.3. The Kier molecular flexibility index (Phi) is 10.5. The van der Waals surface area contributed by atoms with Crippen LogP contribution in [0.4, 0.5) is 4.39 Å². The summed E-state index contributed by atoms with van der Waals surface area (Å²) in [5, 5.41) is 45.3. The van der Waals surface area contributed by atoms with Gasteiger partial charge in [-0.1, -0.05) is 30.3 Å². The lowest BCUT2D eigenvalue weighted by Gasteiger charge is -2.30. The van der Waals surface area contributed by atoms with Gasteiger partial charge in [-0.05, 0) is 72.7 Å². The van der Waals surface area contributed by atoms with E-state index in [-0.39, 0.29) is 11.7 Å². The van der Waals surface area contributed by atoms with Crippen LogP contribution in [-0.2, 0) is 33.1 Å². The molecule has 0 bridgehead atoms. The lowest BCUT2D eigenvalue weighted by atomic mass is 9.85. The number of aliphatic carboxylic acids is 3. The van der Waals surface area contributed by atoms with Gasteiger partial charge in [0.25, 0.3) is 0 Å². The Labute approximate surface area is 259 Å². The predicted octanol–water partition coefficient (Wildman–Crippen LogP) is 3.59. The molecule has 3 aromatic rings. The average molecular weight is 625 g/mol. The van der Waals surface area contributed by atoms with Gasteiger partial charge in [-0.2, -0.15) is 0 Å². The van der Waals surface area contributed by atoms with Crippen LogP contribution in [0.2, 0.25) is 0 Å². The first kappa shape index (κ1) is 33.5. The molecule has 2 fully saturated rings. The second-order valence-corrected chi connectivity index (χ2v) is 11.8. The third-order valence-electron chi connectivity index (χ3n) is 8.29. The van der Waals surface area contributed by atoms with Crippen LogP contribution in [0.15, 0.2) is 66.9 Å².